The van der Waals surface area contributed by atoms with Crippen molar-refractivity contribution in [3.05, 3.63) is 48.4 Å². The molecule has 68 valence electrons. The molecule has 0 atom stereocenters. The lowest BCUT2D eigenvalue weighted by Crippen LogP contribution is -1.87. The van der Waals surface area contributed by atoms with Gasteiger partial charge in [0.2, 0.25) is 0 Å². The number of benzene rings is 1. The molecule has 0 heterocycles. The van der Waals surface area contributed by atoms with Gasteiger partial charge in [0.25, 0.3) is 0 Å². The minimum atomic E-state index is 0.559. The van der Waals surface area contributed by atoms with Crippen molar-refractivity contribution in [1.29, 1.82) is 0 Å². The molecule has 0 unspecified atom stereocenters. The van der Waals surface area contributed by atoms with E-state index in [2.05, 4.69) is 38.3 Å². The van der Waals surface area contributed by atoms with E-state index in [9.17, 15) is 0 Å². The third-order valence-corrected chi connectivity index (χ3v) is 1.83. The normalized spacial score (nSPS) is 9.46. The van der Waals surface area contributed by atoms with Gasteiger partial charge in [-0.2, -0.15) is 0 Å². The molecule has 0 aliphatic rings. The molecule has 0 radical (unpaired) electrons. The first kappa shape index (κ1) is 9.63. The first-order valence-electron chi connectivity index (χ1n) is 4.35. The molecular weight excluding hydrogens is 160 g/mol. The van der Waals surface area contributed by atoms with E-state index in [1.807, 2.05) is 12.1 Å². The number of hydrogen-bond donors (Lipinski definition) is 0. The summed E-state index contributed by atoms with van der Waals surface area (Å²) in [5.74, 6) is 1.38. The van der Waals surface area contributed by atoms with Crippen molar-refractivity contribution in [2.75, 3.05) is 0 Å². The molecule has 1 aromatic rings. The van der Waals surface area contributed by atoms with Crippen LogP contribution in [-0.2, 0) is 0 Å². The Morgan fingerprint density at radius 1 is 1.31 bits per heavy atom. The van der Waals surface area contributed by atoms with Crippen LogP contribution >= 0.6 is 0 Å². The molecular formula is C12H14O. The first-order chi connectivity index (χ1) is 6.24. The highest BCUT2D eigenvalue weighted by Gasteiger charge is 1.97. The average Bonchev–Trinajstić information content (AvgIpc) is 2.15. The summed E-state index contributed by atoms with van der Waals surface area (Å²) in [7, 11) is 0. The van der Waals surface area contributed by atoms with E-state index in [0.717, 1.165) is 5.75 Å². The fourth-order valence-electron chi connectivity index (χ4n) is 1.04. The third-order valence-electron chi connectivity index (χ3n) is 1.83. The number of rotatable bonds is 3. The SMILES string of the molecule is C=C=COc1ccc(C(C)C)cc1. The van der Waals surface area contributed by atoms with Gasteiger partial charge in [0, 0.05) is 0 Å². The second-order valence-corrected chi connectivity index (χ2v) is 3.16. The van der Waals surface area contributed by atoms with Crippen molar-refractivity contribution in [3.8, 4) is 5.75 Å². The summed E-state index contributed by atoms with van der Waals surface area (Å²) in [6, 6.07) is 8.03. The molecule has 0 aliphatic heterocycles. The molecule has 1 rings (SSSR count). The van der Waals surface area contributed by atoms with Crippen LogP contribution < -0.4 is 4.74 Å². The molecule has 13 heavy (non-hydrogen) atoms. The molecule has 0 aromatic heterocycles. The fourth-order valence-corrected chi connectivity index (χ4v) is 1.04. The highest BCUT2D eigenvalue weighted by atomic mass is 16.5. The van der Waals surface area contributed by atoms with E-state index in [4.69, 9.17) is 4.74 Å². The Hall–Kier alpha value is -1.46. The van der Waals surface area contributed by atoms with Crippen molar-refractivity contribution in [1.82, 2.24) is 0 Å². The van der Waals surface area contributed by atoms with Crippen molar-refractivity contribution in [2.24, 2.45) is 0 Å². The van der Waals surface area contributed by atoms with Crippen molar-refractivity contribution >= 4 is 0 Å². The Balaban J connectivity index is 2.75. The summed E-state index contributed by atoms with van der Waals surface area (Å²) < 4.78 is 5.19. The topological polar surface area (TPSA) is 9.23 Å². The monoisotopic (exact) mass is 174 g/mol. The van der Waals surface area contributed by atoms with Crippen LogP contribution in [0.25, 0.3) is 0 Å². The Bertz CT molecular complexity index is 302. The Morgan fingerprint density at radius 2 is 1.92 bits per heavy atom. The van der Waals surface area contributed by atoms with Gasteiger partial charge in [-0.15, -0.1) is 0 Å². The van der Waals surface area contributed by atoms with Gasteiger partial charge < -0.3 is 4.74 Å². The summed E-state index contributed by atoms with van der Waals surface area (Å²) in [6.07, 6.45) is 1.45. The Labute approximate surface area is 79.4 Å². The van der Waals surface area contributed by atoms with Crippen molar-refractivity contribution < 1.29 is 4.74 Å². The summed E-state index contributed by atoms with van der Waals surface area (Å²) in [6.45, 7) is 7.75. The van der Waals surface area contributed by atoms with E-state index in [0.29, 0.717) is 5.92 Å². The standard InChI is InChI=1S/C12H14O/c1-4-9-13-12-7-5-11(6-8-12)10(2)3/h5-10H,1H2,2-3H3. The molecule has 1 aromatic carbocycles. The van der Waals surface area contributed by atoms with Crippen molar-refractivity contribution in [2.45, 2.75) is 19.8 Å². The lowest BCUT2D eigenvalue weighted by atomic mass is 10.0. The van der Waals surface area contributed by atoms with Gasteiger partial charge in [0.15, 0.2) is 0 Å². The van der Waals surface area contributed by atoms with Gasteiger partial charge in [0.1, 0.15) is 12.0 Å². The summed E-state index contributed by atoms with van der Waals surface area (Å²) >= 11 is 0. The Morgan fingerprint density at radius 3 is 2.38 bits per heavy atom. The lowest BCUT2D eigenvalue weighted by Gasteiger charge is -2.05. The quantitative estimate of drug-likeness (QED) is 0.503. The highest BCUT2D eigenvalue weighted by molar-refractivity contribution is 5.29. The van der Waals surface area contributed by atoms with Crippen LogP contribution in [0.5, 0.6) is 5.75 Å². The van der Waals surface area contributed by atoms with Gasteiger partial charge in [-0.3, -0.25) is 0 Å². The van der Waals surface area contributed by atoms with Crippen LogP contribution in [0.15, 0.2) is 42.8 Å². The van der Waals surface area contributed by atoms with Crippen LogP contribution in [0.1, 0.15) is 25.3 Å². The third kappa shape index (κ3) is 2.81. The van der Waals surface area contributed by atoms with Gasteiger partial charge in [0.05, 0.1) is 0 Å². The molecule has 0 bridgehead atoms. The van der Waals surface area contributed by atoms with Crippen molar-refractivity contribution in [3.63, 3.8) is 0 Å². The average molecular weight is 174 g/mol. The zero-order valence-electron chi connectivity index (χ0n) is 8.08. The van der Waals surface area contributed by atoms with E-state index in [-0.39, 0.29) is 0 Å². The molecule has 1 nitrogen and oxygen atoms in total. The van der Waals surface area contributed by atoms with Gasteiger partial charge in [-0.05, 0) is 23.6 Å². The van der Waals surface area contributed by atoms with E-state index < -0.39 is 0 Å². The molecule has 0 amide bonds. The Kier molecular flexibility index (Phi) is 3.36. The van der Waals surface area contributed by atoms with E-state index in [1.165, 1.54) is 11.8 Å². The second kappa shape index (κ2) is 4.54. The molecule has 0 N–H and O–H groups in total. The number of ether oxygens (including phenoxy) is 1. The van der Waals surface area contributed by atoms with Gasteiger partial charge >= 0.3 is 0 Å². The first-order valence-corrected chi connectivity index (χ1v) is 4.35. The van der Waals surface area contributed by atoms with Crippen LogP contribution in [0, 0.1) is 0 Å². The predicted molar refractivity (Wildman–Crippen MR) is 54.9 cm³/mol. The maximum Gasteiger partial charge on any atom is 0.133 e. The summed E-state index contributed by atoms with van der Waals surface area (Å²) in [5.41, 5.74) is 3.87. The summed E-state index contributed by atoms with van der Waals surface area (Å²) in [4.78, 5) is 0. The molecule has 0 spiro atoms. The zero-order valence-corrected chi connectivity index (χ0v) is 8.08. The number of hydrogen-bond acceptors (Lipinski definition) is 1. The largest absolute Gasteiger partial charge is 0.457 e. The fraction of sp³-hybridized carbons (Fsp3) is 0.250. The van der Waals surface area contributed by atoms with Gasteiger partial charge in [-0.1, -0.05) is 38.3 Å². The molecule has 0 aliphatic carbocycles. The van der Waals surface area contributed by atoms with Crippen LogP contribution in [0.2, 0.25) is 0 Å². The molecule has 0 saturated carbocycles. The molecule has 0 saturated heterocycles. The lowest BCUT2D eigenvalue weighted by molar-refractivity contribution is 0.482. The van der Waals surface area contributed by atoms with Crippen LogP contribution in [0.3, 0.4) is 0 Å². The zero-order chi connectivity index (χ0) is 9.68. The minimum Gasteiger partial charge on any atom is -0.457 e. The van der Waals surface area contributed by atoms with Crippen LogP contribution in [0.4, 0.5) is 0 Å². The maximum atomic E-state index is 5.19. The highest BCUT2D eigenvalue weighted by Crippen LogP contribution is 2.18. The van der Waals surface area contributed by atoms with Gasteiger partial charge in [-0.25, -0.2) is 0 Å². The van der Waals surface area contributed by atoms with Crippen LogP contribution in [-0.4, -0.2) is 0 Å². The minimum absolute atomic E-state index is 0.559. The summed E-state index contributed by atoms with van der Waals surface area (Å²) in [5, 5.41) is 0. The molecule has 0 fully saturated rings. The second-order valence-electron chi connectivity index (χ2n) is 3.16. The maximum absolute atomic E-state index is 5.19. The van der Waals surface area contributed by atoms with E-state index >= 15 is 0 Å². The predicted octanol–water partition coefficient (Wildman–Crippen LogP) is 3.49. The van der Waals surface area contributed by atoms with E-state index in [1.54, 1.807) is 0 Å². The molecule has 1 heteroatoms. The smallest absolute Gasteiger partial charge is 0.133 e.